The van der Waals surface area contributed by atoms with Crippen molar-refractivity contribution < 1.29 is 9.59 Å². The minimum absolute atomic E-state index is 0.0215. The van der Waals surface area contributed by atoms with Gasteiger partial charge in [0.25, 0.3) is 0 Å². The lowest BCUT2D eigenvalue weighted by molar-refractivity contribution is -0.139. The van der Waals surface area contributed by atoms with E-state index < -0.39 is 6.04 Å². The highest BCUT2D eigenvalue weighted by atomic mass is 79.9. The van der Waals surface area contributed by atoms with Crippen molar-refractivity contribution in [1.82, 2.24) is 10.2 Å². The molecule has 0 saturated heterocycles. The molecule has 0 aliphatic heterocycles. The minimum Gasteiger partial charge on any atom is -0.352 e. The van der Waals surface area contributed by atoms with Crippen molar-refractivity contribution in [1.29, 1.82) is 0 Å². The van der Waals surface area contributed by atoms with E-state index in [-0.39, 0.29) is 17.9 Å². The van der Waals surface area contributed by atoms with E-state index in [9.17, 15) is 9.59 Å². The molecule has 1 aliphatic carbocycles. The van der Waals surface area contributed by atoms with Crippen LogP contribution in [0.25, 0.3) is 0 Å². The standard InChI is InChI=1S/C31H34Br2N2O2S/c32-26-16-14-24(15-17-26)21-38-22-30(36)35(20-25-10-7-11-27(33)18-25)29(19-23-8-3-1-4-9-23)31(37)34-28-12-5-2-6-13-28/h1,3-4,7-11,14-18,28-29H,2,5-6,12-13,19-22H2,(H,34,37)/t29-/m1/s1. The first-order valence-electron chi connectivity index (χ1n) is 13.2. The number of carbonyl (C=O) groups is 2. The number of rotatable bonds is 11. The number of thioether (sulfide) groups is 1. The maximum atomic E-state index is 13.8. The monoisotopic (exact) mass is 656 g/mol. The van der Waals surface area contributed by atoms with Crippen LogP contribution >= 0.6 is 43.6 Å². The smallest absolute Gasteiger partial charge is 0.243 e. The Balaban J connectivity index is 1.56. The SMILES string of the molecule is O=C(NC1CCCCC1)[C@@H](Cc1ccccc1)N(Cc1cccc(Br)c1)C(=O)CSCc1ccc(Br)cc1. The number of nitrogens with zero attached hydrogens (tertiary/aromatic N) is 1. The van der Waals surface area contributed by atoms with Gasteiger partial charge in [-0.15, -0.1) is 11.8 Å². The second-order valence-corrected chi connectivity index (χ2v) is 12.6. The molecule has 0 spiro atoms. The summed E-state index contributed by atoms with van der Waals surface area (Å²) in [6, 6.07) is 25.8. The molecule has 3 aromatic carbocycles. The van der Waals surface area contributed by atoms with Crippen molar-refractivity contribution in [3.05, 3.63) is 104 Å². The first-order chi connectivity index (χ1) is 18.5. The molecule has 1 fully saturated rings. The summed E-state index contributed by atoms with van der Waals surface area (Å²) in [6.07, 6.45) is 6.00. The molecule has 0 heterocycles. The molecular formula is C31H34Br2N2O2S. The van der Waals surface area contributed by atoms with Crippen molar-refractivity contribution in [2.75, 3.05) is 5.75 Å². The van der Waals surface area contributed by atoms with E-state index in [1.165, 1.54) is 12.0 Å². The van der Waals surface area contributed by atoms with Crippen molar-refractivity contribution in [3.8, 4) is 0 Å². The van der Waals surface area contributed by atoms with Gasteiger partial charge >= 0.3 is 0 Å². The Morgan fingerprint density at radius 2 is 1.55 bits per heavy atom. The highest BCUT2D eigenvalue weighted by Crippen LogP contribution is 2.22. The third kappa shape index (κ3) is 8.99. The molecule has 0 bridgehead atoms. The summed E-state index contributed by atoms with van der Waals surface area (Å²) >= 11 is 8.62. The summed E-state index contributed by atoms with van der Waals surface area (Å²) < 4.78 is 1.99. The second-order valence-electron chi connectivity index (χ2n) is 9.82. The van der Waals surface area contributed by atoms with Crippen molar-refractivity contribution in [2.24, 2.45) is 0 Å². The van der Waals surface area contributed by atoms with E-state index >= 15 is 0 Å². The predicted molar refractivity (Wildman–Crippen MR) is 164 cm³/mol. The van der Waals surface area contributed by atoms with Crippen LogP contribution in [-0.4, -0.2) is 34.6 Å². The average molecular weight is 659 g/mol. The molecule has 0 unspecified atom stereocenters. The zero-order chi connectivity index (χ0) is 26.7. The van der Waals surface area contributed by atoms with Gasteiger partial charge in [0.1, 0.15) is 6.04 Å². The first-order valence-corrected chi connectivity index (χ1v) is 15.9. The average Bonchev–Trinajstić information content (AvgIpc) is 2.93. The van der Waals surface area contributed by atoms with Crippen LogP contribution in [0.1, 0.15) is 48.8 Å². The summed E-state index contributed by atoms with van der Waals surface area (Å²) in [7, 11) is 0. The zero-order valence-electron chi connectivity index (χ0n) is 21.5. The van der Waals surface area contributed by atoms with Gasteiger partial charge in [0.05, 0.1) is 5.75 Å². The lowest BCUT2D eigenvalue weighted by atomic mass is 9.94. The molecule has 1 atom stereocenters. The Bertz CT molecular complexity index is 1180. The third-order valence-corrected chi connectivity index (χ3v) is 8.88. The van der Waals surface area contributed by atoms with E-state index in [0.29, 0.717) is 18.7 Å². The van der Waals surface area contributed by atoms with Crippen LogP contribution in [0.15, 0.2) is 87.8 Å². The van der Waals surface area contributed by atoms with Crippen molar-refractivity contribution in [3.63, 3.8) is 0 Å². The number of amides is 2. The third-order valence-electron chi connectivity index (χ3n) is 6.87. The lowest BCUT2D eigenvalue weighted by Crippen LogP contribution is -2.53. The maximum absolute atomic E-state index is 13.8. The number of hydrogen-bond donors (Lipinski definition) is 1. The fourth-order valence-electron chi connectivity index (χ4n) is 4.85. The van der Waals surface area contributed by atoms with Gasteiger partial charge in [0.2, 0.25) is 11.8 Å². The normalized spacial score (nSPS) is 14.6. The highest BCUT2D eigenvalue weighted by molar-refractivity contribution is 9.10. The minimum atomic E-state index is -0.584. The molecule has 4 nitrogen and oxygen atoms in total. The van der Waals surface area contributed by atoms with Crippen LogP contribution < -0.4 is 5.32 Å². The van der Waals surface area contributed by atoms with Gasteiger partial charge in [0.15, 0.2) is 0 Å². The molecule has 7 heteroatoms. The van der Waals surface area contributed by atoms with Crippen LogP contribution in [0.3, 0.4) is 0 Å². The van der Waals surface area contributed by atoms with Gasteiger partial charge in [-0.1, -0.05) is 106 Å². The van der Waals surface area contributed by atoms with Crippen LogP contribution in [0.5, 0.6) is 0 Å². The van der Waals surface area contributed by atoms with Gasteiger partial charge < -0.3 is 10.2 Å². The number of nitrogens with one attached hydrogen (secondary N) is 1. The number of benzene rings is 3. The molecule has 2 amide bonds. The molecule has 1 saturated carbocycles. The Morgan fingerprint density at radius 1 is 0.842 bits per heavy atom. The largest absolute Gasteiger partial charge is 0.352 e. The lowest BCUT2D eigenvalue weighted by Gasteiger charge is -2.33. The van der Waals surface area contributed by atoms with E-state index in [1.54, 1.807) is 16.7 Å². The van der Waals surface area contributed by atoms with E-state index in [2.05, 4.69) is 49.3 Å². The molecule has 0 aromatic heterocycles. The second kappa shape index (κ2) is 14.9. The molecule has 38 heavy (non-hydrogen) atoms. The fourth-order valence-corrected chi connectivity index (χ4v) is 6.43. The van der Waals surface area contributed by atoms with Gasteiger partial charge in [-0.2, -0.15) is 0 Å². The first kappa shape index (κ1) is 28.9. The van der Waals surface area contributed by atoms with E-state index in [1.807, 2.05) is 66.7 Å². The molecular weight excluding hydrogens is 624 g/mol. The number of halogens is 2. The van der Waals surface area contributed by atoms with Gasteiger partial charge in [-0.3, -0.25) is 9.59 Å². The summed E-state index contributed by atoms with van der Waals surface area (Å²) in [4.78, 5) is 29.4. The summed E-state index contributed by atoms with van der Waals surface area (Å²) in [6.45, 7) is 0.382. The van der Waals surface area contributed by atoms with Crippen molar-refractivity contribution >= 4 is 55.4 Å². The molecule has 4 rings (SSSR count). The zero-order valence-corrected chi connectivity index (χ0v) is 25.4. The van der Waals surface area contributed by atoms with Crippen LogP contribution in [0.2, 0.25) is 0 Å². The van der Waals surface area contributed by atoms with Crippen LogP contribution in [0, 0.1) is 0 Å². The van der Waals surface area contributed by atoms with Gasteiger partial charge in [-0.25, -0.2) is 0 Å². The molecule has 3 aromatic rings. The fraction of sp³-hybridized carbons (Fsp3) is 0.355. The van der Waals surface area contributed by atoms with Crippen molar-refractivity contribution in [2.45, 2.75) is 62.9 Å². The number of hydrogen-bond acceptors (Lipinski definition) is 3. The molecule has 200 valence electrons. The van der Waals surface area contributed by atoms with Gasteiger partial charge in [0, 0.05) is 33.7 Å². The molecule has 1 N–H and O–H groups in total. The summed E-state index contributed by atoms with van der Waals surface area (Å²) in [5, 5.41) is 3.31. The van der Waals surface area contributed by atoms with Gasteiger partial charge in [-0.05, 0) is 53.8 Å². The topological polar surface area (TPSA) is 49.4 Å². The number of carbonyl (C=O) groups excluding carboxylic acids is 2. The highest BCUT2D eigenvalue weighted by Gasteiger charge is 2.31. The Morgan fingerprint density at radius 3 is 2.26 bits per heavy atom. The molecule has 0 radical (unpaired) electrons. The van der Waals surface area contributed by atoms with Crippen LogP contribution in [0.4, 0.5) is 0 Å². The Kier molecular flexibility index (Phi) is 11.3. The Hall–Kier alpha value is -2.09. The van der Waals surface area contributed by atoms with Crippen LogP contribution in [-0.2, 0) is 28.3 Å². The molecule has 1 aliphatic rings. The summed E-state index contributed by atoms with van der Waals surface area (Å²) in [5.41, 5.74) is 3.21. The predicted octanol–water partition coefficient (Wildman–Crippen LogP) is 7.53. The summed E-state index contributed by atoms with van der Waals surface area (Å²) in [5.74, 6) is 0.974. The van der Waals surface area contributed by atoms with E-state index in [0.717, 1.165) is 51.5 Å². The van der Waals surface area contributed by atoms with E-state index in [4.69, 9.17) is 0 Å². The maximum Gasteiger partial charge on any atom is 0.243 e. The Labute approximate surface area is 247 Å². The quantitative estimate of drug-likeness (QED) is 0.232.